The molecule has 7 nitrogen and oxygen atoms in total. The van der Waals surface area contributed by atoms with Gasteiger partial charge in [-0.05, 0) is 23.6 Å². The molecule has 0 saturated carbocycles. The van der Waals surface area contributed by atoms with E-state index in [0.29, 0.717) is 17.8 Å². The van der Waals surface area contributed by atoms with E-state index in [-0.39, 0.29) is 17.0 Å². The number of carboxylic acid groups (broad SMARTS) is 1. The van der Waals surface area contributed by atoms with Crippen molar-refractivity contribution in [1.82, 2.24) is 15.0 Å². The van der Waals surface area contributed by atoms with Gasteiger partial charge in [0.05, 0.1) is 11.9 Å². The van der Waals surface area contributed by atoms with E-state index in [0.717, 1.165) is 0 Å². The molecule has 0 spiro atoms. The zero-order valence-electron chi connectivity index (χ0n) is 12.7. The van der Waals surface area contributed by atoms with Gasteiger partial charge in [0, 0.05) is 12.1 Å². The number of hydrogen-bond acceptors (Lipinski definition) is 4. The smallest absolute Gasteiger partial charge is 0.358 e. The fourth-order valence-corrected chi connectivity index (χ4v) is 1.90. The SMILES string of the molecule is CC(C)(C)CC(=O)Nc1cccc(-n2cc(C(=O)O)nn2)c1. The lowest BCUT2D eigenvalue weighted by Gasteiger charge is -2.17. The van der Waals surface area contributed by atoms with Gasteiger partial charge in [0.1, 0.15) is 0 Å². The Balaban J connectivity index is 2.16. The van der Waals surface area contributed by atoms with Crippen molar-refractivity contribution in [2.75, 3.05) is 5.32 Å². The molecule has 1 aromatic heterocycles. The van der Waals surface area contributed by atoms with Gasteiger partial charge in [-0.1, -0.05) is 32.1 Å². The van der Waals surface area contributed by atoms with Crippen molar-refractivity contribution in [2.45, 2.75) is 27.2 Å². The first-order chi connectivity index (χ1) is 10.2. The van der Waals surface area contributed by atoms with Crippen LogP contribution in [-0.4, -0.2) is 32.0 Å². The molecule has 2 rings (SSSR count). The lowest BCUT2D eigenvalue weighted by Crippen LogP contribution is -2.19. The Labute approximate surface area is 128 Å². The molecule has 0 aliphatic rings. The molecule has 0 aliphatic heterocycles. The maximum atomic E-state index is 11.9. The van der Waals surface area contributed by atoms with Crippen LogP contribution in [-0.2, 0) is 4.79 Å². The van der Waals surface area contributed by atoms with E-state index < -0.39 is 5.97 Å². The van der Waals surface area contributed by atoms with Gasteiger partial charge in [-0.2, -0.15) is 0 Å². The van der Waals surface area contributed by atoms with E-state index in [9.17, 15) is 9.59 Å². The standard InChI is InChI=1S/C15H18N4O3/c1-15(2,3)8-13(20)16-10-5-4-6-11(7-10)19-9-12(14(21)22)17-18-19/h4-7,9H,8H2,1-3H3,(H,16,20)(H,21,22). The first-order valence-corrected chi connectivity index (χ1v) is 6.80. The predicted octanol–water partition coefficient (Wildman–Crippen LogP) is 2.34. The molecule has 0 unspecified atom stereocenters. The number of carbonyl (C=O) groups is 2. The molecule has 0 fully saturated rings. The van der Waals surface area contributed by atoms with Crippen LogP contribution < -0.4 is 5.32 Å². The summed E-state index contributed by atoms with van der Waals surface area (Å²) in [6.45, 7) is 5.98. The van der Waals surface area contributed by atoms with Crippen LogP contribution in [0.25, 0.3) is 5.69 Å². The first kappa shape index (κ1) is 15.7. The molecule has 22 heavy (non-hydrogen) atoms. The van der Waals surface area contributed by atoms with Crippen molar-refractivity contribution in [3.05, 3.63) is 36.2 Å². The van der Waals surface area contributed by atoms with Crippen molar-refractivity contribution in [1.29, 1.82) is 0 Å². The third-order valence-corrected chi connectivity index (χ3v) is 2.80. The van der Waals surface area contributed by atoms with Crippen molar-refractivity contribution >= 4 is 17.6 Å². The summed E-state index contributed by atoms with van der Waals surface area (Å²) in [5.41, 5.74) is 1.01. The number of anilines is 1. The Morgan fingerprint density at radius 2 is 2.05 bits per heavy atom. The van der Waals surface area contributed by atoms with Gasteiger partial charge in [0.25, 0.3) is 0 Å². The number of nitrogens with zero attached hydrogens (tertiary/aromatic N) is 3. The Kier molecular flexibility index (Phi) is 4.25. The van der Waals surface area contributed by atoms with Crippen LogP contribution >= 0.6 is 0 Å². The summed E-state index contributed by atoms with van der Waals surface area (Å²) < 4.78 is 1.35. The van der Waals surface area contributed by atoms with E-state index in [1.54, 1.807) is 24.3 Å². The molecule has 7 heteroatoms. The third-order valence-electron chi connectivity index (χ3n) is 2.80. The number of nitrogens with one attached hydrogen (secondary N) is 1. The molecule has 0 radical (unpaired) electrons. The highest BCUT2D eigenvalue weighted by molar-refractivity contribution is 5.91. The Hall–Kier alpha value is -2.70. The van der Waals surface area contributed by atoms with Crippen LogP contribution in [0.5, 0.6) is 0 Å². The van der Waals surface area contributed by atoms with Gasteiger partial charge in [-0.15, -0.1) is 5.10 Å². The van der Waals surface area contributed by atoms with Crippen LogP contribution in [0.3, 0.4) is 0 Å². The van der Waals surface area contributed by atoms with Gasteiger partial charge >= 0.3 is 5.97 Å². The van der Waals surface area contributed by atoms with Crippen molar-refractivity contribution in [3.8, 4) is 5.69 Å². The molecule has 0 atom stereocenters. The summed E-state index contributed by atoms with van der Waals surface area (Å²) in [4.78, 5) is 22.8. The second kappa shape index (κ2) is 5.97. The summed E-state index contributed by atoms with van der Waals surface area (Å²) in [6.07, 6.45) is 1.72. The summed E-state index contributed by atoms with van der Waals surface area (Å²) in [7, 11) is 0. The number of carbonyl (C=O) groups excluding carboxylic acids is 1. The first-order valence-electron chi connectivity index (χ1n) is 6.80. The topological polar surface area (TPSA) is 97.1 Å². The lowest BCUT2D eigenvalue weighted by molar-refractivity contribution is -0.117. The molecule has 1 heterocycles. The summed E-state index contributed by atoms with van der Waals surface area (Å²) in [6, 6.07) is 6.98. The number of amides is 1. The van der Waals surface area contributed by atoms with E-state index in [2.05, 4.69) is 15.6 Å². The molecule has 1 amide bonds. The van der Waals surface area contributed by atoms with Gasteiger partial charge < -0.3 is 10.4 Å². The van der Waals surface area contributed by atoms with Crippen LogP contribution in [0, 0.1) is 5.41 Å². The zero-order valence-corrected chi connectivity index (χ0v) is 12.7. The number of aromatic carboxylic acids is 1. The van der Waals surface area contributed by atoms with Crippen LogP contribution in [0.2, 0.25) is 0 Å². The number of aromatic nitrogens is 3. The quantitative estimate of drug-likeness (QED) is 0.903. The minimum Gasteiger partial charge on any atom is -0.476 e. The number of benzene rings is 1. The Bertz CT molecular complexity index is 701. The average Bonchev–Trinajstić information content (AvgIpc) is 2.86. The maximum absolute atomic E-state index is 11.9. The van der Waals surface area contributed by atoms with E-state index >= 15 is 0 Å². The van der Waals surface area contributed by atoms with E-state index in [1.807, 2.05) is 20.8 Å². The second-order valence-corrected chi connectivity index (χ2v) is 6.19. The molecule has 0 bridgehead atoms. The largest absolute Gasteiger partial charge is 0.476 e. The van der Waals surface area contributed by atoms with Gasteiger partial charge in [-0.3, -0.25) is 4.79 Å². The fourth-order valence-electron chi connectivity index (χ4n) is 1.90. The normalized spacial score (nSPS) is 11.2. The highest BCUT2D eigenvalue weighted by Crippen LogP contribution is 2.20. The molecule has 0 aliphatic carbocycles. The summed E-state index contributed by atoms with van der Waals surface area (Å²) >= 11 is 0. The number of carboxylic acids is 1. The van der Waals surface area contributed by atoms with Crippen LogP contribution in [0.4, 0.5) is 5.69 Å². The fraction of sp³-hybridized carbons (Fsp3) is 0.333. The van der Waals surface area contributed by atoms with Crippen molar-refractivity contribution in [2.24, 2.45) is 5.41 Å². The Morgan fingerprint density at radius 1 is 1.32 bits per heavy atom. The summed E-state index contributed by atoms with van der Waals surface area (Å²) in [5.74, 6) is -1.21. The van der Waals surface area contributed by atoms with E-state index in [4.69, 9.17) is 5.11 Å². The Morgan fingerprint density at radius 3 is 2.64 bits per heavy atom. The highest BCUT2D eigenvalue weighted by atomic mass is 16.4. The average molecular weight is 302 g/mol. The third kappa shape index (κ3) is 4.15. The molecular weight excluding hydrogens is 284 g/mol. The van der Waals surface area contributed by atoms with Gasteiger partial charge in [0.2, 0.25) is 5.91 Å². The second-order valence-electron chi connectivity index (χ2n) is 6.19. The van der Waals surface area contributed by atoms with E-state index in [1.165, 1.54) is 10.9 Å². The molecule has 2 aromatic rings. The zero-order chi connectivity index (χ0) is 16.3. The van der Waals surface area contributed by atoms with Crippen molar-refractivity contribution < 1.29 is 14.7 Å². The minimum atomic E-state index is -1.14. The molecular formula is C15H18N4O3. The molecule has 0 saturated heterocycles. The molecule has 1 aromatic carbocycles. The summed E-state index contributed by atoms with van der Waals surface area (Å²) in [5, 5.41) is 19.0. The number of hydrogen-bond donors (Lipinski definition) is 2. The van der Waals surface area contributed by atoms with Crippen molar-refractivity contribution in [3.63, 3.8) is 0 Å². The van der Waals surface area contributed by atoms with Crippen LogP contribution in [0.15, 0.2) is 30.5 Å². The number of rotatable bonds is 4. The monoisotopic (exact) mass is 302 g/mol. The van der Waals surface area contributed by atoms with Crippen LogP contribution in [0.1, 0.15) is 37.7 Å². The minimum absolute atomic E-state index is 0.0746. The highest BCUT2D eigenvalue weighted by Gasteiger charge is 2.16. The van der Waals surface area contributed by atoms with Gasteiger partial charge in [0.15, 0.2) is 5.69 Å². The lowest BCUT2D eigenvalue weighted by atomic mass is 9.92. The molecule has 2 N–H and O–H groups in total. The maximum Gasteiger partial charge on any atom is 0.358 e. The predicted molar refractivity (Wildman–Crippen MR) is 81.0 cm³/mol. The van der Waals surface area contributed by atoms with Gasteiger partial charge in [-0.25, -0.2) is 9.48 Å². The molecule has 116 valence electrons.